The minimum atomic E-state index is 0.779. The fourth-order valence-electron chi connectivity index (χ4n) is 0.799. The van der Waals surface area contributed by atoms with Crippen molar-refractivity contribution < 1.29 is 9.47 Å². The highest BCUT2D eigenvalue weighted by Crippen LogP contribution is 2.15. The largest absolute Gasteiger partial charge is 0.497 e. The van der Waals surface area contributed by atoms with Crippen LogP contribution in [0.2, 0.25) is 0 Å². The van der Waals surface area contributed by atoms with E-state index in [0.717, 1.165) is 16.7 Å². The Morgan fingerprint density at radius 1 is 1.18 bits per heavy atom. The third-order valence-electron chi connectivity index (χ3n) is 1.41. The molecule has 0 bridgehead atoms. The minimum Gasteiger partial charge on any atom is -0.497 e. The number of rotatable bonds is 2. The van der Waals surface area contributed by atoms with E-state index in [0.29, 0.717) is 0 Å². The summed E-state index contributed by atoms with van der Waals surface area (Å²) in [5.41, 5.74) is 0. The second-order valence-electron chi connectivity index (χ2n) is 2.07. The van der Waals surface area contributed by atoms with E-state index in [1.165, 1.54) is 0 Å². The lowest BCUT2D eigenvalue weighted by molar-refractivity contribution is 0.396. The summed E-state index contributed by atoms with van der Waals surface area (Å²) in [4.78, 5) is 0. The molecular weight excluding hydrogens is 156 g/mol. The van der Waals surface area contributed by atoms with Gasteiger partial charge in [-0.05, 0) is 11.3 Å². The lowest BCUT2D eigenvalue weighted by Crippen LogP contribution is -2.06. The fraction of sp³-hybridized carbons (Fsp3) is 0.250. The van der Waals surface area contributed by atoms with E-state index in [1.54, 1.807) is 14.2 Å². The number of hydrogen-bond donors (Lipinski definition) is 0. The standard InChI is InChI=1S/C8H9O2Si/c1-9-6-3-4-8(11)7(5-6)10-2/h3-5H,1-2H3. The van der Waals surface area contributed by atoms with Gasteiger partial charge in [-0.3, -0.25) is 0 Å². The van der Waals surface area contributed by atoms with Crippen molar-refractivity contribution in [3.05, 3.63) is 18.2 Å². The summed E-state index contributed by atoms with van der Waals surface area (Å²) in [6.07, 6.45) is 0. The maximum Gasteiger partial charge on any atom is 0.122 e. The zero-order valence-corrected chi connectivity index (χ0v) is 7.55. The van der Waals surface area contributed by atoms with Gasteiger partial charge >= 0.3 is 0 Å². The number of methoxy groups -OCH3 is 2. The molecule has 0 saturated carbocycles. The quantitative estimate of drug-likeness (QED) is 0.594. The molecule has 0 aliphatic rings. The summed E-state index contributed by atoms with van der Waals surface area (Å²) in [7, 11) is 6.64. The van der Waals surface area contributed by atoms with Gasteiger partial charge in [0.1, 0.15) is 11.5 Å². The highest BCUT2D eigenvalue weighted by Gasteiger charge is 1.98. The van der Waals surface area contributed by atoms with Crippen LogP contribution in [0.25, 0.3) is 0 Å². The lowest BCUT2D eigenvalue weighted by atomic mass is 10.3. The van der Waals surface area contributed by atoms with Crippen LogP contribution in [-0.4, -0.2) is 24.5 Å². The third kappa shape index (κ3) is 1.74. The Morgan fingerprint density at radius 2 is 1.91 bits per heavy atom. The van der Waals surface area contributed by atoms with Crippen LogP contribution in [0.1, 0.15) is 0 Å². The predicted molar refractivity (Wildman–Crippen MR) is 44.9 cm³/mol. The van der Waals surface area contributed by atoms with E-state index in [-0.39, 0.29) is 0 Å². The van der Waals surface area contributed by atoms with Gasteiger partial charge in [-0.15, -0.1) is 0 Å². The second-order valence-corrected chi connectivity index (χ2v) is 2.60. The van der Waals surface area contributed by atoms with Crippen LogP contribution < -0.4 is 14.7 Å². The van der Waals surface area contributed by atoms with Crippen LogP contribution in [0, 0.1) is 0 Å². The van der Waals surface area contributed by atoms with Gasteiger partial charge in [0.15, 0.2) is 0 Å². The minimum absolute atomic E-state index is 0.779. The average Bonchev–Trinajstić information content (AvgIpc) is 2.05. The van der Waals surface area contributed by atoms with Gasteiger partial charge in [0, 0.05) is 6.07 Å². The molecule has 0 spiro atoms. The van der Waals surface area contributed by atoms with Crippen LogP contribution in [0.4, 0.5) is 0 Å². The number of ether oxygens (including phenoxy) is 2. The highest BCUT2D eigenvalue weighted by molar-refractivity contribution is 6.34. The molecule has 1 aromatic rings. The van der Waals surface area contributed by atoms with Gasteiger partial charge in [-0.2, -0.15) is 0 Å². The molecule has 2 nitrogen and oxygen atoms in total. The first-order chi connectivity index (χ1) is 5.27. The molecule has 0 heterocycles. The Bertz CT molecular complexity index is 248. The second kappa shape index (κ2) is 3.43. The summed E-state index contributed by atoms with van der Waals surface area (Å²) in [5.74, 6) is 1.57. The molecule has 0 saturated heterocycles. The number of benzene rings is 1. The van der Waals surface area contributed by atoms with Crippen LogP contribution in [-0.2, 0) is 0 Å². The van der Waals surface area contributed by atoms with E-state index >= 15 is 0 Å². The molecule has 3 heteroatoms. The van der Waals surface area contributed by atoms with E-state index in [2.05, 4.69) is 10.2 Å². The Labute approximate surface area is 69.6 Å². The predicted octanol–water partition coefficient (Wildman–Crippen LogP) is 0.498. The molecular formula is C8H9O2Si. The molecule has 11 heavy (non-hydrogen) atoms. The van der Waals surface area contributed by atoms with Crippen molar-refractivity contribution >= 4 is 15.4 Å². The maximum atomic E-state index is 5.06. The van der Waals surface area contributed by atoms with Gasteiger partial charge in [0.25, 0.3) is 0 Å². The molecule has 0 aliphatic carbocycles. The zero-order chi connectivity index (χ0) is 8.27. The first-order valence-corrected chi connectivity index (χ1v) is 3.71. The van der Waals surface area contributed by atoms with E-state index in [9.17, 15) is 0 Å². The molecule has 1 rings (SSSR count). The van der Waals surface area contributed by atoms with Crippen molar-refractivity contribution in [1.29, 1.82) is 0 Å². The van der Waals surface area contributed by atoms with Crippen LogP contribution >= 0.6 is 0 Å². The first-order valence-electron chi connectivity index (χ1n) is 3.21. The Balaban J connectivity index is 3.02. The first kappa shape index (κ1) is 8.14. The van der Waals surface area contributed by atoms with Gasteiger partial charge < -0.3 is 9.47 Å². The van der Waals surface area contributed by atoms with Crippen molar-refractivity contribution in [2.75, 3.05) is 14.2 Å². The summed E-state index contributed by atoms with van der Waals surface area (Å²) in [5, 5.41) is 0.924. The summed E-state index contributed by atoms with van der Waals surface area (Å²) < 4.78 is 10.1. The Morgan fingerprint density at radius 3 is 2.45 bits per heavy atom. The molecule has 1 aromatic carbocycles. The van der Waals surface area contributed by atoms with Crippen molar-refractivity contribution in [3.8, 4) is 11.5 Å². The maximum absolute atomic E-state index is 5.06. The summed E-state index contributed by atoms with van der Waals surface area (Å²) in [6, 6.07) is 5.57. The van der Waals surface area contributed by atoms with Crippen molar-refractivity contribution in [1.82, 2.24) is 0 Å². The lowest BCUT2D eigenvalue weighted by Gasteiger charge is -2.05. The van der Waals surface area contributed by atoms with Crippen molar-refractivity contribution in [2.24, 2.45) is 0 Å². The topological polar surface area (TPSA) is 18.5 Å². The SMILES string of the molecule is COc1ccc([Si])c(OC)c1. The molecule has 3 radical (unpaired) electrons. The summed E-state index contributed by atoms with van der Waals surface area (Å²) >= 11 is 0. The van der Waals surface area contributed by atoms with Gasteiger partial charge in [0.05, 0.1) is 24.5 Å². The molecule has 0 amide bonds. The molecule has 0 N–H and O–H groups in total. The van der Waals surface area contributed by atoms with Gasteiger partial charge in [-0.1, -0.05) is 6.07 Å². The fourth-order valence-corrected chi connectivity index (χ4v) is 1.06. The monoisotopic (exact) mass is 165 g/mol. The van der Waals surface area contributed by atoms with E-state index < -0.39 is 0 Å². The summed E-state index contributed by atoms with van der Waals surface area (Å²) in [6.45, 7) is 0. The molecule has 0 aromatic heterocycles. The Kier molecular flexibility index (Phi) is 2.54. The van der Waals surface area contributed by atoms with Crippen LogP contribution in [0.15, 0.2) is 18.2 Å². The molecule has 57 valence electrons. The molecule has 0 fully saturated rings. The smallest absolute Gasteiger partial charge is 0.122 e. The normalized spacial score (nSPS) is 9.36. The van der Waals surface area contributed by atoms with E-state index in [4.69, 9.17) is 9.47 Å². The van der Waals surface area contributed by atoms with Crippen molar-refractivity contribution in [3.63, 3.8) is 0 Å². The van der Waals surface area contributed by atoms with Gasteiger partial charge in [0.2, 0.25) is 0 Å². The molecule has 0 aliphatic heterocycles. The zero-order valence-electron chi connectivity index (χ0n) is 6.55. The van der Waals surface area contributed by atoms with E-state index in [1.807, 2.05) is 18.2 Å². The highest BCUT2D eigenvalue weighted by atomic mass is 28.1. The van der Waals surface area contributed by atoms with Crippen LogP contribution in [0.5, 0.6) is 11.5 Å². The Hall–Kier alpha value is -0.963. The van der Waals surface area contributed by atoms with Gasteiger partial charge in [-0.25, -0.2) is 0 Å². The average molecular weight is 165 g/mol. The van der Waals surface area contributed by atoms with Crippen molar-refractivity contribution in [2.45, 2.75) is 0 Å². The molecule has 0 atom stereocenters. The number of hydrogen-bond acceptors (Lipinski definition) is 2. The molecule has 0 unspecified atom stereocenters. The third-order valence-corrected chi connectivity index (χ3v) is 1.82. The van der Waals surface area contributed by atoms with Crippen LogP contribution in [0.3, 0.4) is 0 Å².